The molecule has 0 saturated heterocycles. The van der Waals surface area contributed by atoms with Crippen molar-refractivity contribution < 1.29 is 44.0 Å². The molecule has 0 fully saturated rings. The predicted octanol–water partition coefficient (Wildman–Crippen LogP) is 0.372. The van der Waals surface area contributed by atoms with Crippen molar-refractivity contribution in [3.05, 3.63) is 42.0 Å². The second-order valence-electron chi connectivity index (χ2n) is 4.79. The van der Waals surface area contributed by atoms with E-state index in [4.69, 9.17) is 18.9 Å². The summed E-state index contributed by atoms with van der Waals surface area (Å²) < 4.78 is 21.5. The molecule has 0 spiro atoms. The number of rotatable bonds is 8. The van der Waals surface area contributed by atoms with Gasteiger partial charge in [-0.2, -0.15) is 0 Å². The van der Waals surface area contributed by atoms with E-state index in [0.717, 1.165) is 11.1 Å². The molecule has 1 unspecified atom stereocenters. The molecule has 0 N–H and O–H groups in total. The molecular weight excluding hydrogens is 334 g/mol. The Balaban J connectivity index is 0.00000312. The fourth-order valence-corrected chi connectivity index (χ4v) is 3.34. The third-order valence-electron chi connectivity index (χ3n) is 3.38. The largest absolute Gasteiger partial charge is 1.00 e. The van der Waals surface area contributed by atoms with Gasteiger partial charge in [0, 0.05) is 17.4 Å². The van der Waals surface area contributed by atoms with Crippen molar-refractivity contribution in [2.75, 3.05) is 27.9 Å². The van der Waals surface area contributed by atoms with Gasteiger partial charge in [-0.25, -0.2) is 0 Å². The van der Waals surface area contributed by atoms with Crippen LogP contribution in [-0.4, -0.2) is 33.5 Å². The first-order chi connectivity index (χ1) is 11.6. The van der Waals surface area contributed by atoms with Crippen molar-refractivity contribution >= 4 is 19.4 Å². The smallest absolute Gasteiger partial charge is 1.00 e. The second-order valence-corrected chi connectivity index (χ2v) is 6.03. The maximum atomic E-state index is 12.9. The van der Waals surface area contributed by atoms with E-state index in [0.29, 0.717) is 29.4 Å². The normalized spacial score (nSPS) is 10.2. The zero-order valence-electron chi connectivity index (χ0n) is 16.2. The number of methoxy groups -OCH3 is 3. The molecule has 130 valence electrons. The maximum absolute atomic E-state index is 12.9. The van der Waals surface area contributed by atoms with E-state index in [1.165, 1.54) is 14.2 Å². The van der Waals surface area contributed by atoms with Gasteiger partial charge < -0.3 is 20.4 Å². The third kappa shape index (κ3) is 5.15. The zero-order valence-corrected chi connectivity index (χ0v) is 16.2. The monoisotopic (exact) mass is 356 g/mol. The van der Waals surface area contributed by atoms with Gasteiger partial charge in [-0.15, -0.1) is 0 Å². The average Bonchev–Trinajstić information content (AvgIpc) is 2.62. The molecule has 7 heteroatoms. The Morgan fingerprint density at radius 3 is 2.12 bits per heavy atom. The van der Waals surface area contributed by atoms with Gasteiger partial charge in [0.05, 0.1) is 27.9 Å². The molecule has 25 heavy (non-hydrogen) atoms. The predicted molar refractivity (Wildman–Crippen MR) is 97.1 cm³/mol. The maximum Gasteiger partial charge on any atom is 1.00 e. The summed E-state index contributed by atoms with van der Waals surface area (Å²) in [5.74, 6) is 2.15. The van der Waals surface area contributed by atoms with Crippen LogP contribution in [0.15, 0.2) is 36.4 Å². The Morgan fingerprint density at radius 2 is 1.60 bits per heavy atom. The molecule has 0 heterocycles. The van der Waals surface area contributed by atoms with Crippen LogP contribution in [0.4, 0.5) is 0 Å². The van der Waals surface area contributed by atoms with Crippen LogP contribution < -0.4 is 43.1 Å². The van der Waals surface area contributed by atoms with E-state index in [2.05, 4.69) is 0 Å². The Hall–Kier alpha value is -1.66. The number of benzene rings is 2. The molecule has 0 aliphatic heterocycles. The first-order valence-electron chi connectivity index (χ1n) is 7.47. The van der Waals surface area contributed by atoms with Gasteiger partial charge in [-0.1, -0.05) is 18.2 Å². The van der Waals surface area contributed by atoms with Gasteiger partial charge in [0.1, 0.15) is 28.6 Å². The first kappa shape index (κ1) is 21.4. The Bertz CT molecular complexity index is 701. The van der Waals surface area contributed by atoms with Gasteiger partial charge in [0.2, 0.25) is 0 Å². The summed E-state index contributed by atoms with van der Waals surface area (Å²) in [6.07, 6.45) is 0. The molecule has 0 radical (unpaired) electrons. The molecule has 0 saturated carbocycles. The minimum Gasteiger partial charge on any atom is -1.00 e. The molecule has 2 aromatic rings. The van der Waals surface area contributed by atoms with E-state index < -0.39 is 0 Å². The fourth-order valence-electron chi connectivity index (χ4n) is 2.27. The quantitative estimate of drug-likeness (QED) is 0.505. The van der Waals surface area contributed by atoms with Crippen molar-refractivity contribution in [2.24, 2.45) is 0 Å². The average molecular weight is 356 g/mol. The molecule has 2 aromatic carbocycles. The van der Waals surface area contributed by atoms with Crippen LogP contribution >= 0.6 is 8.58 Å². The summed E-state index contributed by atoms with van der Waals surface area (Å²) in [6, 6.07) is 10.9. The van der Waals surface area contributed by atoms with E-state index in [1.54, 1.807) is 19.2 Å². The Kier molecular flexibility index (Phi) is 8.86. The first-order valence-corrected chi connectivity index (χ1v) is 8.47. The van der Waals surface area contributed by atoms with Crippen molar-refractivity contribution in [3.8, 4) is 23.0 Å². The van der Waals surface area contributed by atoms with Gasteiger partial charge in [0.15, 0.2) is 5.52 Å². The van der Waals surface area contributed by atoms with E-state index in [9.17, 15) is 4.79 Å². The minimum atomic E-state index is -0.104. The topological polar surface area (TPSA) is 54.0 Å². The van der Waals surface area contributed by atoms with Crippen LogP contribution in [0.2, 0.25) is 0 Å². The molecule has 0 bridgehead atoms. The summed E-state index contributed by atoms with van der Waals surface area (Å²) in [6.45, 7) is 2.46. The zero-order chi connectivity index (χ0) is 17.5. The van der Waals surface area contributed by atoms with Crippen molar-refractivity contribution in [1.82, 2.24) is 0 Å². The number of ether oxygens (including phenoxy) is 4. The molecule has 1 atom stereocenters. The van der Waals surface area contributed by atoms with Crippen LogP contribution in [0.5, 0.6) is 23.0 Å². The summed E-state index contributed by atoms with van der Waals surface area (Å²) in [5, 5.41) is 0.851. The van der Waals surface area contributed by atoms with Gasteiger partial charge in [-0.3, -0.25) is 4.79 Å². The van der Waals surface area contributed by atoms with Crippen LogP contribution in [0.1, 0.15) is 18.7 Å². The fraction of sp³-hybridized carbons (Fsp3) is 0.278. The second kappa shape index (κ2) is 10.4. The van der Waals surface area contributed by atoms with Crippen LogP contribution in [0.3, 0.4) is 0 Å². The third-order valence-corrected chi connectivity index (χ3v) is 4.54. The van der Waals surface area contributed by atoms with Gasteiger partial charge in [-0.05, 0) is 21.6 Å². The summed E-state index contributed by atoms with van der Waals surface area (Å²) in [7, 11) is 4.48. The van der Waals surface area contributed by atoms with E-state index in [1.807, 2.05) is 31.2 Å². The van der Waals surface area contributed by atoms with E-state index >= 15 is 0 Å². The van der Waals surface area contributed by atoms with E-state index in [-0.39, 0.29) is 34.4 Å². The van der Waals surface area contributed by atoms with Crippen LogP contribution in [0, 0.1) is 0 Å². The minimum absolute atomic E-state index is 0. The number of para-hydroxylation sites is 1. The molecule has 2 rings (SSSR count). The van der Waals surface area contributed by atoms with Gasteiger partial charge in [0.25, 0.3) is 0 Å². The number of carbonyl (C=O) groups is 1. The molecule has 0 aromatic heterocycles. The van der Waals surface area contributed by atoms with Crippen molar-refractivity contribution in [2.45, 2.75) is 6.92 Å². The number of hydrogen-bond donors (Lipinski definition) is 0. The summed E-state index contributed by atoms with van der Waals surface area (Å²) in [4.78, 5) is 12.9. The SMILES string of the molecule is CCOc1ccccc1PC(=O)c1c(OC)cc(OC)cc1OC.[H-].[Li+]. The standard InChI is InChI=1S/C18H21O5P.Li.H/c1-5-23-13-8-6-7-9-16(13)24-18(19)17-14(21-3)10-12(20-2)11-15(17)22-4;;/h6-11,24H,5H2,1-4H3;;/q;+1;-1. The van der Waals surface area contributed by atoms with Crippen molar-refractivity contribution in [1.29, 1.82) is 0 Å². The summed E-state index contributed by atoms with van der Waals surface area (Å²) in [5.41, 5.74) is 0.323. The Labute approximate surface area is 163 Å². The van der Waals surface area contributed by atoms with Crippen LogP contribution in [0.25, 0.3) is 0 Å². The number of hydrogen-bond acceptors (Lipinski definition) is 5. The summed E-state index contributed by atoms with van der Waals surface area (Å²) >= 11 is 0. The van der Waals surface area contributed by atoms with Crippen molar-refractivity contribution in [3.63, 3.8) is 0 Å². The van der Waals surface area contributed by atoms with Crippen LogP contribution in [-0.2, 0) is 0 Å². The molecule has 0 aliphatic carbocycles. The van der Waals surface area contributed by atoms with Gasteiger partial charge >= 0.3 is 18.9 Å². The molecule has 5 nitrogen and oxygen atoms in total. The molecule has 0 aliphatic rings. The Morgan fingerprint density at radius 1 is 1.00 bits per heavy atom. The molecule has 0 amide bonds. The number of carbonyl (C=O) groups excluding carboxylic acids is 1. The molecular formula is C18H22LiO5P.